The molecule has 1 amide bonds. The minimum atomic E-state index is -0.949. The van der Waals surface area contributed by atoms with E-state index in [1.165, 1.54) is 5.48 Å². The highest BCUT2D eigenvalue weighted by Crippen LogP contribution is 1.77. The second-order valence-electron chi connectivity index (χ2n) is 0.653. The third-order valence-electron chi connectivity index (χ3n) is 0.277. The Hall–Kier alpha value is -0.480. The first kappa shape index (κ1) is 6.52. The van der Waals surface area contributed by atoms with Crippen molar-refractivity contribution in [1.82, 2.24) is 5.48 Å². The number of carbonyl (C=O) groups is 1. The minimum Gasteiger partial charge on any atom is -0.432 e. The lowest BCUT2D eigenvalue weighted by Gasteiger charge is -1.93. The van der Waals surface area contributed by atoms with Gasteiger partial charge in [-0.05, 0) is 0 Å². The Bertz CT molecular complexity index is 66.0. The lowest BCUT2D eigenvalue weighted by Crippen LogP contribution is -2.18. The van der Waals surface area contributed by atoms with E-state index in [0.717, 1.165) is 0 Å². The van der Waals surface area contributed by atoms with Crippen molar-refractivity contribution in [1.29, 1.82) is 0 Å². The molecule has 0 fully saturated rings. The van der Waals surface area contributed by atoms with Crippen molar-refractivity contribution in [3.05, 3.63) is 0 Å². The van der Waals surface area contributed by atoms with Crippen LogP contribution in [0.3, 0.4) is 0 Å². The molecule has 0 bridgehead atoms. The normalized spacial score (nSPS) is 7.71. The monoisotopic (exact) mass is 125 g/mol. The van der Waals surface area contributed by atoms with Crippen molar-refractivity contribution in [2.75, 3.05) is 6.07 Å². The van der Waals surface area contributed by atoms with Gasteiger partial charge in [0.2, 0.25) is 0 Å². The number of rotatable bonds is 1. The van der Waals surface area contributed by atoms with Gasteiger partial charge in [0, 0.05) is 0 Å². The molecule has 0 aromatic rings. The molecule has 5 heteroatoms. The summed E-state index contributed by atoms with van der Waals surface area (Å²) in [6, 6.07) is -0.258. The number of amides is 1. The number of alkyl halides is 1. The molecule has 7 heavy (non-hydrogen) atoms. The average molecular weight is 126 g/mol. The first-order valence-corrected chi connectivity index (χ1v) is 1.97. The van der Waals surface area contributed by atoms with Gasteiger partial charge in [-0.25, -0.2) is 10.3 Å². The Kier molecular flexibility index (Phi) is 3.45. The molecule has 0 heterocycles. The number of hydrogen-bond donors (Lipinski definition) is 2. The van der Waals surface area contributed by atoms with Crippen LogP contribution in [0.5, 0.6) is 0 Å². The molecule has 0 saturated carbocycles. The van der Waals surface area contributed by atoms with E-state index in [4.69, 9.17) is 16.8 Å². The molecular formula is C2H4ClNO3. The Labute approximate surface area is 45.0 Å². The molecule has 0 radical (unpaired) electrons. The fourth-order valence-corrected chi connectivity index (χ4v) is 0.181. The van der Waals surface area contributed by atoms with Gasteiger partial charge in [-0.1, -0.05) is 11.6 Å². The molecule has 0 rings (SSSR count). The second-order valence-corrected chi connectivity index (χ2v) is 0.871. The summed E-state index contributed by atoms with van der Waals surface area (Å²) in [4.78, 5) is 9.74. The molecule has 0 aromatic carbocycles. The van der Waals surface area contributed by atoms with E-state index in [1.54, 1.807) is 0 Å². The zero-order chi connectivity index (χ0) is 5.70. The summed E-state index contributed by atoms with van der Waals surface area (Å²) in [7, 11) is 0. The molecule has 0 aliphatic carbocycles. The molecule has 2 N–H and O–H groups in total. The van der Waals surface area contributed by atoms with E-state index in [9.17, 15) is 4.79 Å². The highest BCUT2D eigenvalue weighted by atomic mass is 35.5. The molecule has 0 saturated heterocycles. The molecule has 0 aliphatic heterocycles. The number of hydroxylamine groups is 1. The van der Waals surface area contributed by atoms with Crippen LogP contribution in [0.2, 0.25) is 0 Å². The van der Waals surface area contributed by atoms with Crippen LogP contribution < -0.4 is 5.48 Å². The number of nitrogens with one attached hydrogen (secondary N) is 1. The zero-order valence-corrected chi connectivity index (χ0v) is 4.10. The summed E-state index contributed by atoms with van der Waals surface area (Å²) < 4.78 is 3.96. The predicted octanol–water partition coefficient (Wildman–Crippen LogP) is 0.298. The largest absolute Gasteiger partial charge is 0.432 e. The fraction of sp³-hybridized carbons (Fsp3) is 0.500. The van der Waals surface area contributed by atoms with Crippen molar-refractivity contribution in [2.45, 2.75) is 0 Å². The lowest BCUT2D eigenvalue weighted by molar-refractivity contribution is 0.101. The number of ether oxygens (including phenoxy) is 1. The molecule has 0 atom stereocenters. The standard InChI is InChI=1S/C2H4ClNO3/c3-1-7-2(5)4-6/h6H,1H2,(H,4,5). The molecule has 42 valence electrons. The van der Waals surface area contributed by atoms with E-state index in [-0.39, 0.29) is 6.07 Å². The maximum atomic E-state index is 9.74. The maximum Gasteiger partial charge on any atom is 0.432 e. The van der Waals surface area contributed by atoms with Crippen LogP contribution >= 0.6 is 11.6 Å². The third-order valence-corrected chi connectivity index (χ3v) is 0.386. The highest BCUT2D eigenvalue weighted by Gasteiger charge is 1.92. The third kappa shape index (κ3) is 3.35. The van der Waals surface area contributed by atoms with Crippen LogP contribution in [0, 0.1) is 0 Å². The van der Waals surface area contributed by atoms with Crippen molar-refractivity contribution in [3.63, 3.8) is 0 Å². The number of carbonyl (C=O) groups excluding carboxylic acids is 1. The van der Waals surface area contributed by atoms with Gasteiger partial charge >= 0.3 is 6.09 Å². The SMILES string of the molecule is O=C(NO)OCCl. The summed E-state index contributed by atoms with van der Waals surface area (Å²) >= 11 is 4.88. The van der Waals surface area contributed by atoms with E-state index >= 15 is 0 Å². The van der Waals surface area contributed by atoms with Gasteiger partial charge < -0.3 is 4.74 Å². The minimum absolute atomic E-state index is 0.258. The fourth-order valence-electron chi connectivity index (χ4n) is 0.0818. The Balaban J connectivity index is 3.00. The Morgan fingerprint density at radius 3 is 2.71 bits per heavy atom. The summed E-state index contributed by atoms with van der Waals surface area (Å²) in [5, 5.41) is 7.68. The number of hydrogen-bond acceptors (Lipinski definition) is 3. The first-order chi connectivity index (χ1) is 3.31. The predicted molar refractivity (Wildman–Crippen MR) is 22.1 cm³/mol. The van der Waals surface area contributed by atoms with E-state index < -0.39 is 6.09 Å². The van der Waals surface area contributed by atoms with Gasteiger partial charge in [0.15, 0.2) is 6.07 Å². The lowest BCUT2D eigenvalue weighted by atomic mass is 11.2. The van der Waals surface area contributed by atoms with E-state index in [0.29, 0.717) is 0 Å². The Morgan fingerprint density at radius 2 is 2.57 bits per heavy atom. The molecular weight excluding hydrogens is 121 g/mol. The maximum absolute atomic E-state index is 9.74. The van der Waals surface area contributed by atoms with Crippen LogP contribution in [0.15, 0.2) is 0 Å². The summed E-state index contributed by atoms with van der Waals surface area (Å²) in [6.45, 7) is 0. The van der Waals surface area contributed by atoms with Gasteiger partial charge in [-0.2, -0.15) is 0 Å². The van der Waals surface area contributed by atoms with Crippen LogP contribution in [-0.2, 0) is 4.74 Å². The molecule has 0 aliphatic rings. The van der Waals surface area contributed by atoms with Gasteiger partial charge in [-0.15, -0.1) is 0 Å². The van der Waals surface area contributed by atoms with Crippen LogP contribution in [-0.4, -0.2) is 17.4 Å². The topological polar surface area (TPSA) is 58.6 Å². The number of halogens is 1. The van der Waals surface area contributed by atoms with Gasteiger partial charge in [0.1, 0.15) is 0 Å². The highest BCUT2D eigenvalue weighted by molar-refractivity contribution is 6.17. The van der Waals surface area contributed by atoms with Gasteiger partial charge in [-0.3, -0.25) is 5.21 Å². The molecule has 0 unspecified atom stereocenters. The van der Waals surface area contributed by atoms with Crippen molar-refractivity contribution in [2.24, 2.45) is 0 Å². The van der Waals surface area contributed by atoms with Gasteiger partial charge in [0.25, 0.3) is 0 Å². The van der Waals surface area contributed by atoms with Gasteiger partial charge in [0.05, 0.1) is 0 Å². The van der Waals surface area contributed by atoms with Crippen LogP contribution in [0.25, 0.3) is 0 Å². The molecule has 0 spiro atoms. The van der Waals surface area contributed by atoms with E-state index in [2.05, 4.69) is 4.74 Å². The van der Waals surface area contributed by atoms with Crippen LogP contribution in [0.1, 0.15) is 0 Å². The molecule has 4 nitrogen and oxygen atoms in total. The van der Waals surface area contributed by atoms with Crippen molar-refractivity contribution < 1.29 is 14.7 Å². The van der Waals surface area contributed by atoms with Crippen molar-refractivity contribution >= 4 is 17.7 Å². The summed E-state index contributed by atoms with van der Waals surface area (Å²) in [5.41, 5.74) is 1.22. The van der Waals surface area contributed by atoms with Crippen molar-refractivity contribution in [3.8, 4) is 0 Å². The smallest absolute Gasteiger partial charge is 0.432 e. The summed E-state index contributed by atoms with van der Waals surface area (Å²) in [6.07, 6.45) is -0.949. The Morgan fingerprint density at radius 1 is 2.00 bits per heavy atom. The molecule has 0 aromatic heterocycles. The summed E-state index contributed by atoms with van der Waals surface area (Å²) in [5.74, 6) is 0. The average Bonchev–Trinajstić information content (AvgIpc) is 1.68. The second kappa shape index (κ2) is 3.70. The van der Waals surface area contributed by atoms with E-state index in [1.807, 2.05) is 0 Å². The first-order valence-electron chi connectivity index (χ1n) is 1.44. The zero-order valence-electron chi connectivity index (χ0n) is 3.35. The van der Waals surface area contributed by atoms with Crippen LogP contribution in [0.4, 0.5) is 4.79 Å². The quantitative estimate of drug-likeness (QED) is 0.301.